The van der Waals surface area contributed by atoms with Crippen LogP contribution in [0.15, 0.2) is 18.2 Å². The molecular weight excluding hydrogens is 289 g/mol. The first-order valence-electron chi connectivity index (χ1n) is 4.99. The summed E-state index contributed by atoms with van der Waals surface area (Å²) < 4.78 is 35.7. The Morgan fingerprint density at radius 2 is 2.05 bits per heavy atom. The molecule has 1 rings (SSSR count). The molecule has 0 aliphatic heterocycles. The van der Waals surface area contributed by atoms with Gasteiger partial charge in [0.25, 0.3) is 11.6 Å². The van der Waals surface area contributed by atoms with Crippen LogP contribution in [-0.2, 0) is 0 Å². The lowest BCUT2D eigenvalue weighted by Gasteiger charge is -2.08. The van der Waals surface area contributed by atoms with E-state index in [-0.39, 0.29) is 16.3 Å². The first-order valence-corrected chi connectivity index (χ1v) is 5.37. The van der Waals surface area contributed by atoms with E-state index in [0.717, 1.165) is 18.2 Å². The largest absolute Gasteiger partial charge is 0.390 e. The second-order valence-corrected chi connectivity index (χ2v) is 3.95. The van der Waals surface area contributed by atoms with Crippen LogP contribution in [0, 0.1) is 10.1 Å². The summed E-state index contributed by atoms with van der Waals surface area (Å²) in [6.07, 6.45) is -5.58. The molecule has 0 saturated carbocycles. The van der Waals surface area contributed by atoms with Crippen LogP contribution >= 0.6 is 11.6 Å². The van der Waals surface area contributed by atoms with Gasteiger partial charge in [0, 0.05) is 18.7 Å². The average Bonchev–Trinajstić information content (AvgIpc) is 2.27. The predicted octanol–water partition coefficient (Wildman–Crippen LogP) is 2.93. The number of nitro groups is 1. The zero-order chi connectivity index (χ0) is 14.6. The van der Waals surface area contributed by atoms with Crippen LogP contribution in [0.1, 0.15) is 16.8 Å². The Kier molecular flexibility index (Phi) is 4.71. The molecule has 0 atom stereocenters. The fourth-order valence-corrected chi connectivity index (χ4v) is 1.42. The van der Waals surface area contributed by atoms with E-state index in [1.807, 2.05) is 5.32 Å². The number of carbonyl (C=O) groups is 1. The maximum absolute atomic E-state index is 11.9. The molecule has 5 nitrogen and oxygen atoms in total. The monoisotopic (exact) mass is 296 g/mol. The zero-order valence-corrected chi connectivity index (χ0v) is 10.1. The van der Waals surface area contributed by atoms with Crippen molar-refractivity contribution >= 4 is 23.2 Å². The van der Waals surface area contributed by atoms with Crippen molar-refractivity contribution in [1.29, 1.82) is 0 Å². The molecule has 0 bridgehead atoms. The lowest BCUT2D eigenvalue weighted by Crippen LogP contribution is -2.28. The number of hydrogen-bond donors (Lipinski definition) is 1. The highest BCUT2D eigenvalue weighted by Crippen LogP contribution is 2.22. The van der Waals surface area contributed by atoms with E-state index in [1.54, 1.807) is 0 Å². The molecule has 0 aliphatic carbocycles. The summed E-state index contributed by atoms with van der Waals surface area (Å²) in [5.41, 5.74) is -0.608. The van der Waals surface area contributed by atoms with Gasteiger partial charge >= 0.3 is 6.18 Å². The number of carbonyl (C=O) groups excluding carboxylic acids is 1. The van der Waals surface area contributed by atoms with Crippen molar-refractivity contribution in [2.24, 2.45) is 0 Å². The average molecular weight is 297 g/mol. The number of rotatable bonds is 4. The number of non-ortho nitro benzene ring substituents is 1. The van der Waals surface area contributed by atoms with Crippen molar-refractivity contribution in [3.05, 3.63) is 38.9 Å². The standard InChI is InChI=1S/C10H8ClF3N2O3/c11-8-2-1-6(16(18)19)5-7(8)9(17)15-4-3-10(12,13)14/h1-2,5H,3-4H2,(H,15,17). The number of alkyl halides is 3. The maximum atomic E-state index is 11.9. The molecule has 0 saturated heterocycles. The number of nitrogens with one attached hydrogen (secondary N) is 1. The van der Waals surface area contributed by atoms with Gasteiger partial charge in [-0.05, 0) is 6.07 Å². The van der Waals surface area contributed by atoms with Gasteiger partial charge in [0.05, 0.1) is 21.9 Å². The van der Waals surface area contributed by atoms with Crippen LogP contribution < -0.4 is 5.32 Å². The third kappa shape index (κ3) is 4.74. The molecule has 0 fully saturated rings. The minimum atomic E-state index is -4.39. The van der Waals surface area contributed by atoms with Crippen molar-refractivity contribution in [1.82, 2.24) is 5.32 Å². The molecule has 19 heavy (non-hydrogen) atoms. The number of halogens is 4. The molecule has 1 aromatic rings. The van der Waals surface area contributed by atoms with Gasteiger partial charge < -0.3 is 5.32 Å². The Labute approximate surface area is 110 Å². The van der Waals surface area contributed by atoms with Crippen molar-refractivity contribution in [3.63, 3.8) is 0 Å². The van der Waals surface area contributed by atoms with E-state index < -0.39 is 30.0 Å². The lowest BCUT2D eigenvalue weighted by molar-refractivity contribution is -0.384. The third-order valence-electron chi connectivity index (χ3n) is 2.10. The van der Waals surface area contributed by atoms with E-state index in [9.17, 15) is 28.1 Å². The van der Waals surface area contributed by atoms with Crippen molar-refractivity contribution < 1.29 is 22.9 Å². The Morgan fingerprint density at radius 1 is 1.42 bits per heavy atom. The number of nitrogens with zero attached hydrogens (tertiary/aromatic N) is 1. The van der Waals surface area contributed by atoms with Crippen LogP contribution in [0.5, 0.6) is 0 Å². The smallest absolute Gasteiger partial charge is 0.352 e. The van der Waals surface area contributed by atoms with Gasteiger partial charge in [-0.25, -0.2) is 0 Å². The Morgan fingerprint density at radius 3 is 2.58 bits per heavy atom. The van der Waals surface area contributed by atoms with Crippen LogP contribution in [0.25, 0.3) is 0 Å². The Hall–Kier alpha value is -1.83. The molecule has 1 aromatic carbocycles. The molecule has 1 N–H and O–H groups in total. The minimum Gasteiger partial charge on any atom is -0.352 e. The van der Waals surface area contributed by atoms with E-state index >= 15 is 0 Å². The number of hydrogen-bond acceptors (Lipinski definition) is 3. The zero-order valence-electron chi connectivity index (χ0n) is 9.33. The van der Waals surface area contributed by atoms with Crippen molar-refractivity contribution in [2.45, 2.75) is 12.6 Å². The van der Waals surface area contributed by atoms with Gasteiger partial charge in [-0.15, -0.1) is 0 Å². The van der Waals surface area contributed by atoms with Crippen molar-refractivity contribution in [2.75, 3.05) is 6.54 Å². The maximum Gasteiger partial charge on any atom is 0.390 e. The highest BCUT2D eigenvalue weighted by Gasteiger charge is 2.27. The lowest BCUT2D eigenvalue weighted by atomic mass is 10.2. The summed E-state index contributed by atoms with van der Waals surface area (Å²) in [4.78, 5) is 21.3. The summed E-state index contributed by atoms with van der Waals surface area (Å²) in [6.45, 7) is -0.624. The fraction of sp³-hybridized carbons (Fsp3) is 0.300. The summed E-state index contributed by atoms with van der Waals surface area (Å²) in [7, 11) is 0. The second-order valence-electron chi connectivity index (χ2n) is 3.54. The Balaban J connectivity index is 2.76. The van der Waals surface area contributed by atoms with E-state index in [4.69, 9.17) is 11.6 Å². The van der Waals surface area contributed by atoms with Crippen LogP contribution in [0.3, 0.4) is 0 Å². The molecule has 104 valence electrons. The molecule has 1 amide bonds. The number of benzene rings is 1. The van der Waals surface area contributed by atoms with Gasteiger partial charge in [-0.3, -0.25) is 14.9 Å². The van der Waals surface area contributed by atoms with Gasteiger partial charge in [0.2, 0.25) is 0 Å². The molecule has 0 radical (unpaired) electrons. The van der Waals surface area contributed by atoms with Gasteiger partial charge in [-0.2, -0.15) is 13.2 Å². The fourth-order valence-electron chi connectivity index (χ4n) is 1.21. The summed E-state index contributed by atoms with van der Waals surface area (Å²) >= 11 is 5.66. The summed E-state index contributed by atoms with van der Waals surface area (Å²) in [6, 6.07) is 3.14. The molecular formula is C10H8ClF3N2O3. The van der Waals surface area contributed by atoms with Gasteiger partial charge in [0.15, 0.2) is 0 Å². The van der Waals surface area contributed by atoms with E-state index in [2.05, 4.69) is 0 Å². The summed E-state index contributed by atoms with van der Waals surface area (Å²) in [5, 5.41) is 12.4. The highest BCUT2D eigenvalue weighted by molar-refractivity contribution is 6.33. The highest BCUT2D eigenvalue weighted by atomic mass is 35.5. The normalized spacial score (nSPS) is 11.2. The molecule has 9 heteroatoms. The van der Waals surface area contributed by atoms with E-state index in [0.29, 0.717) is 0 Å². The molecule has 0 aliphatic rings. The second kappa shape index (κ2) is 5.87. The van der Waals surface area contributed by atoms with Crippen molar-refractivity contribution in [3.8, 4) is 0 Å². The van der Waals surface area contributed by atoms with Crippen LogP contribution in [0.4, 0.5) is 18.9 Å². The van der Waals surface area contributed by atoms with Crippen LogP contribution in [-0.4, -0.2) is 23.6 Å². The van der Waals surface area contributed by atoms with Crippen LogP contribution in [0.2, 0.25) is 5.02 Å². The first-order chi connectivity index (χ1) is 8.70. The number of amides is 1. The quantitative estimate of drug-likeness (QED) is 0.686. The molecule has 0 spiro atoms. The number of nitro benzene ring substituents is 1. The molecule has 0 heterocycles. The molecule has 0 aromatic heterocycles. The minimum absolute atomic E-state index is 0.0740. The predicted molar refractivity (Wildman–Crippen MR) is 61.1 cm³/mol. The first kappa shape index (κ1) is 15.2. The topological polar surface area (TPSA) is 72.2 Å². The SMILES string of the molecule is O=C(NCCC(F)(F)F)c1cc([N+](=O)[O-])ccc1Cl. The van der Waals surface area contributed by atoms with Gasteiger partial charge in [-0.1, -0.05) is 11.6 Å². The molecule has 0 unspecified atom stereocenters. The Bertz CT molecular complexity index is 505. The third-order valence-corrected chi connectivity index (χ3v) is 2.43. The van der Waals surface area contributed by atoms with E-state index in [1.165, 1.54) is 0 Å². The van der Waals surface area contributed by atoms with Gasteiger partial charge in [0.1, 0.15) is 0 Å². The summed E-state index contributed by atoms with van der Waals surface area (Å²) in [5.74, 6) is -0.891.